The number of imidazole rings is 1. The molecule has 1 saturated heterocycles. The van der Waals surface area contributed by atoms with Crippen molar-refractivity contribution in [2.45, 2.75) is 39.8 Å². The molecule has 0 atom stereocenters. The predicted octanol–water partition coefficient (Wildman–Crippen LogP) is 4.17. The third-order valence-corrected chi connectivity index (χ3v) is 6.61. The maximum Gasteiger partial charge on any atom is 0.225 e. The molecule has 0 unspecified atom stereocenters. The van der Waals surface area contributed by atoms with Gasteiger partial charge in [-0.15, -0.1) is 0 Å². The van der Waals surface area contributed by atoms with Crippen LogP contribution in [0, 0.1) is 5.92 Å². The average Bonchev–Trinajstić information content (AvgIpc) is 3.17. The third kappa shape index (κ3) is 4.80. The summed E-state index contributed by atoms with van der Waals surface area (Å²) >= 11 is 0. The Balaban J connectivity index is 1.48. The van der Waals surface area contributed by atoms with Crippen LogP contribution in [0.5, 0.6) is 5.75 Å². The minimum absolute atomic E-state index is 0.157. The molecule has 2 aromatic carbocycles. The van der Waals surface area contributed by atoms with Crippen LogP contribution in [0.3, 0.4) is 0 Å². The van der Waals surface area contributed by atoms with Gasteiger partial charge in [0.25, 0.3) is 0 Å². The maximum atomic E-state index is 12.7. The topological polar surface area (TPSA) is 50.6 Å². The zero-order chi connectivity index (χ0) is 22.5. The zero-order valence-electron chi connectivity index (χ0n) is 19.5. The van der Waals surface area contributed by atoms with Crippen molar-refractivity contribution in [1.82, 2.24) is 19.4 Å². The third-order valence-electron chi connectivity index (χ3n) is 6.61. The first-order chi connectivity index (χ1) is 15.6. The Morgan fingerprint density at radius 2 is 1.72 bits per heavy atom. The van der Waals surface area contributed by atoms with Gasteiger partial charge in [-0.2, -0.15) is 0 Å². The lowest BCUT2D eigenvalue weighted by Gasteiger charge is -2.33. The molecule has 0 N–H and O–H groups in total. The molecule has 1 aliphatic heterocycles. The summed E-state index contributed by atoms with van der Waals surface area (Å²) in [6.45, 7) is 9.16. The van der Waals surface area contributed by atoms with Crippen molar-refractivity contribution in [3.63, 3.8) is 0 Å². The lowest BCUT2D eigenvalue weighted by atomic mass is 9.95. The van der Waals surface area contributed by atoms with Crippen molar-refractivity contribution in [3.8, 4) is 5.75 Å². The Bertz CT molecular complexity index is 1030. The Labute approximate surface area is 190 Å². The van der Waals surface area contributed by atoms with E-state index in [1.165, 1.54) is 5.56 Å². The molecular formula is C26H34N4O2. The van der Waals surface area contributed by atoms with E-state index in [9.17, 15) is 4.79 Å². The highest BCUT2D eigenvalue weighted by molar-refractivity contribution is 5.79. The second-order valence-electron chi connectivity index (χ2n) is 8.51. The number of carbonyl (C=O) groups is 1. The van der Waals surface area contributed by atoms with Gasteiger partial charge in [0.15, 0.2) is 0 Å². The molecule has 6 nitrogen and oxygen atoms in total. The number of nitrogens with zero attached hydrogens (tertiary/aromatic N) is 4. The minimum atomic E-state index is 0.157. The molecule has 2 heterocycles. The molecule has 0 radical (unpaired) electrons. The van der Waals surface area contributed by atoms with Crippen LogP contribution in [-0.4, -0.2) is 58.5 Å². The minimum Gasteiger partial charge on any atom is -0.497 e. The molecule has 0 saturated carbocycles. The number of ether oxygens (including phenoxy) is 1. The van der Waals surface area contributed by atoms with Crippen LogP contribution in [0.15, 0.2) is 48.5 Å². The highest BCUT2D eigenvalue weighted by Crippen LogP contribution is 2.24. The first kappa shape index (κ1) is 22.3. The molecular weight excluding hydrogens is 400 g/mol. The largest absolute Gasteiger partial charge is 0.497 e. The Morgan fingerprint density at radius 3 is 2.38 bits per heavy atom. The molecule has 3 aromatic rings. The van der Waals surface area contributed by atoms with Gasteiger partial charge in [0.1, 0.15) is 11.6 Å². The molecule has 1 amide bonds. The van der Waals surface area contributed by atoms with E-state index >= 15 is 0 Å². The summed E-state index contributed by atoms with van der Waals surface area (Å²) in [5.41, 5.74) is 3.41. The average molecular weight is 435 g/mol. The van der Waals surface area contributed by atoms with Gasteiger partial charge in [-0.05, 0) is 69.6 Å². The van der Waals surface area contributed by atoms with Gasteiger partial charge in [0, 0.05) is 25.6 Å². The van der Waals surface area contributed by atoms with E-state index in [0.717, 1.165) is 74.7 Å². The Hall–Kier alpha value is -2.86. The summed E-state index contributed by atoms with van der Waals surface area (Å²) < 4.78 is 7.62. The lowest BCUT2D eigenvalue weighted by molar-refractivity contribution is -0.136. The summed E-state index contributed by atoms with van der Waals surface area (Å²) in [5, 5.41) is 0. The smallest absolute Gasteiger partial charge is 0.225 e. The summed E-state index contributed by atoms with van der Waals surface area (Å²) in [7, 11) is 1.69. The van der Waals surface area contributed by atoms with E-state index in [2.05, 4.69) is 53.6 Å². The first-order valence-corrected chi connectivity index (χ1v) is 11.7. The van der Waals surface area contributed by atoms with Crippen LogP contribution in [0.1, 0.15) is 38.1 Å². The molecule has 0 spiro atoms. The Morgan fingerprint density at radius 1 is 1.03 bits per heavy atom. The maximum absolute atomic E-state index is 12.7. The number of fused-ring (bicyclic) bond motifs is 1. The summed E-state index contributed by atoms with van der Waals surface area (Å²) in [5.74, 6) is 2.42. The number of hydrogen-bond acceptors (Lipinski definition) is 4. The Kier molecular flexibility index (Phi) is 7.10. The molecule has 1 fully saturated rings. The first-order valence-electron chi connectivity index (χ1n) is 11.7. The molecule has 4 rings (SSSR count). The number of benzene rings is 2. The zero-order valence-corrected chi connectivity index (χ0v) is 19.5. The van der Waals surface area contributed by atoms with Crippen molar-refractivity contribution in [1.29, 1.82) is 0 Å². The van der Waals surface area contributed by atoms with Gasteiger partial charge >= 0.3 is 0 Å². The fraction of sp³-hybridized carbons (Fsp3) is 0.462. The van der Waals surface area contributed by atoms with Crippen molar-refractivity contribution < 1.29 is 9.53 Å². The highest BCUT2D eigenvalue weighted by Gasteiger charge is 2.28. The number of para-hydroxylation sites is 2. The molecule has 1 aliphatic rings. The van der Waals surface area contributed by atoms with E-state index in [1.54, 1.807) is 7.11 Å². The van der Waals surface area contributed by atoms with Gasteiger partial charge in [-0.3, -0.25) is 9.69 Å². The van der Waals surface area contributed by atoms with Gasteiger partial charge in [-0.1, -0.05) is 24.3 Å². The van der Waals surface area contributed by atoms with E-state index in [0.29, 0.717) is 5.91 Å². The second-order valence-corrected chi connectivity index (χ2v) is 8.51. The monoisotopic (exact) mass is 434 g/mol. The number of amides is 1. The number of carbonyl (C=O) groups excluding carboxylic acids is 1. The van der Waals surface area contributed by atoms with Gasteiger partial charge in [0.05, 0.1) is 24.7 Å². The number of aromatic nitrogens is 2. The number of methoxy groups -OCH3 is 1. The molecule has 170 valence electrons. The summed E-state index contributed by atoms with van der Waals surface area (Å²) in [4.78, 5) is 22.1. The molecule has 32 heavy (non-hydrogen) atoms. The van der Waals surface area contributed by atoms with Crippen molar-refractivity contribution >= 4 is 16.9 Å². The molecule has 6 heteroatoms. The lowest BCUT2D eigenvalue weighted by Crippen LogP contribution is -2.42. The molecule has 1 aromatic heterocycles. The second kappa shape index (κ2) is 10.2. The number of piperidine rings is 1. The fourth-order valence-corrected chi connectivity index (χ4v) is 4.67. The van der Waals surface area contributed by atoms with Crippen LogP contribution in [-0.2, 0) is 17.9 Å². The quantitative estimate of drug-likeness (QED) is 0.534. The number of hydrogen-bond donors (Lipinski definition) is 0. The standard InChI is InChI=1S/C26H34N4O2/c1-4-29(5-2)26(31)21-14-16-28(17-15-21)19-25-27-23-8-6-7-9-24(23)30(25)18-20-10-12-22(32-3)13-11-20/h6-13,21H,4-5,14-19H2,1-3H3. The van der Waals surface area contributed by atoms with Crippen LogP contribution < -0.4 is 4.74 Å². The molecule has 0 aliphatic carbocycles. The van der Waals surface area contributed by atoms with Crippen LogP contribution in [0.25, 0.3) is 11.0 Å². The normalized spacial score (nSPS) is 15.2. The van der Waals surface area contributed by atoms with Crippen molar-refractivity contribution in [2.75, 3.05) is 33.3 Å². The van der Waals surface area contributed by atoms with Crippen molar-refractivity contribution in [2.24, 2.45) is 5.92 Å². The SMILES string of the molecule is CCN(CC)C(=O)C1CCN(Cc2nc3ccccc3n2Cc2ccc(OC)cc2)CC1. The van der Waals surface area contributed by atoms with Crippen molar-refractivity contribution in [3.05, 3.63) is 59.9 Å². The van der Waals surface area contributed by atoms with Gasteiger partial charge in [-0.25, -0.2) is 4.98 Å². The van der Waals surface area contributed by atoms with Crippen LogP contribution in [0.4, 0.5) is 0 Å². The number of rotatable bonds is 8. The van der Waals surface area contributed by atoms with E-state index in [4.69, 9.17) is 9.72 Å². The van der Waals surface area contributed by atoms with Crippen LogP contribution >= 0.6 is 0 Å². The van der Waals surface area contributed by atoms with E-state index in [-0.39, 0.29) is 5.92 Å². The van der Waals surface area contributed by atoms with Crippen LogP contribution in [0.2, 0.25) is 0 Å². The van der Waals surface area contributed by atoms with E-state index < -0.39 is 0 Å². The fourth-order valence-electron chi connectivity index (χ4n) is 4.67. The summed E-state index contributed by atoms with van der Waals surface area (Å²) in [6, 6.07) is 16.6. The number of likely N-dealkylation sites (tertiary alicyclic amines) is 1. The van der Waals surface area contributed by atoms with Gasteiger partial charge in [0.2, 0.25) is 5.91 Å². The van der Waals surface area contributed by atoms with E-state index in [1.807, 2.05) is 23.1 Å². The highest BCUT2D eigenvalue weighted by atomic mass is 16.5. The summed E-state index contributed by atoms with van der Waals surface area (Å²) in [6.07, 6.45) is 1.85. The van der Waals surface area contributed by atoms with Gasteiger partial charge < -0.3 is 14.2 Å². The predicted molar refractivity (Wildman–Crippen MR) is 128 cm³/mol. The molecule has 0 bridgehead atoms.